The number of hydrogen-bond acceptors (Lipinski definition) is 0. The summed E-state index contributed by atoms with van der Waals surface area (Å²) in [5.41, 5.74) is 2.32. The van der Waals surface area contributed by atoms with Gasteiger partial charge >= 0.3 is 0 Å². The minimum absolute atomic E-state index is 1.12. The summed E-state index contributed by atoms with van der Waals surface area (Å²) in [5, 5.41) is 2.47. The van der Waals surface area contributed by atoms with E-state index in [4.69, 9.17) is 0 Å². The predicted molar refractivity (Wildman–Crippen MR) is 71.2 cm³/mol. The van der Waals surface area contributed by atoms with Crippen LogP contribution in [0.25, 0.3) is 21.8 Å². The van der Waals surface area contributed by atoms with Gasteiger partial charge in [0, 0.05) is 30.8 Å². The highest BCUT2D eigenvalue weighted by atomic mass is 79.9. The Hall–Kier alpha value is -0.800. The molecule has 15 heavy (non-hydrogen) atoms. The topological polar surface area (TPSA) is 15.8 Å². The summed E-state index contributed by atoms with van der Waals surface area (Å²) in [6.45, 7) is 0. The molecule has 3 heteroatoms. The number of benzene rings is 2. The molecule has 0 aliphatic heterocycles. The number of H-pyrrole nitrogens is 1. The average Bonchev–Trinajstić information content (AvgIpc) is 2.58. The van der Waals surface area contributed by atoms with Gasteiger partial charge in [0.2, 0.25) is 0 Å². The van der Waals surface area contributed by atoms with Crippen molar-refractivity contribution in [3.05, 3.63) is 45.3 Å². The van der Waals surface area contributed by atoms with E-state index in [0.717, 1.165) is 20.0 Å². The molecule has 0 bridgehead atoms. The van der Waals surface area contributed by atoms with Crippen LogP contribution in [0.15, 0.2) is 45.3 Å². The van der Waals surface area contributed by atoms with Crippen LogP contribution in [-0.2, 0) is 0 Å². The number of halogens is 2. The molecule has 0 aliphatic rings. The van der Waals surface area contributed by atoms with E-state index in [1.54, 1.807) is 0 Å². The third-order valence-corrected chi connectivity index (χ3v) is 3.87. The first-order chi connectivity index (χ1) is 7.27. The van der Waals surface area contributed by atoms with Crippen LogP contribution in [0, 0.1) is 0 Å². The molecule has 0 radical (unpaired) electrons. The van der Waals surface area contributed by atoms with Gasteiger partial charge in [0.1, 0.15) is 0 Å². The number of nitrogens with one attached hydrogen (secondary N) is 1. The highest BCUT2D eigenvalue weighted by molar-refractivity contribution is 9.11. The second-order valence-corrected chi connectivity index (χ2v) is 5.16. The molecule has 0 aliphatic carbocycles. The first-order valence-corrected chi connectivity index (χ1v) is 6.20. The van der Waals surface area contributed by atoms with Crippen molar-refractivity contribution in [2.75, 3.05) is 0 Å². The summed E-state index contributed by atoms with van der Waals surface area (Å²) in [4.78, 5) is 3.40. The molecule has 2 aromatic carbocycles. The molecule has 74 valence electrons. The number of fused-ring (bicyclic) bond motifs is 3. The van der Waals surface area contributed by atoms with Crippen LogP contribution in [0.3, 0.4) is 0 Å². The monoisotopic (exact) mass is 323 g/mol. The third kappa shape index (κ3) is 1.34. The fraction of sp³-hybridized carbons (Fsp3) is 0. The highest BCUT2D eigenvalue weighted by Crippen LogP contribution is 2.35. The zero-order valence-corrected chi connectivity index (χ0v) is 10.9. The van der Waals surface area contributed by atoms with Gasteiger partial charge in [-0.25, -0.2) is 0 Å². The molecule has 0 unspecified atom stereocenters. The molecule has 1 aromatic heterocycles. The predicted octanol–water partition coefficient (Wildman–Crippen LogP) is 4.85. The zero-order chi connectivity index (χ0) is 10.4. The molecule has 0 spiro atoms. The quantitative estimate of drug-likeness (QED) is 0.608. The van der Waals surface area contributed by atoms with Crippen molar-refractivity contribution in [3.8, 4) is 0 Å². The summed E-state index contributed by atoms with van der Waals surface area (Å²) in [6, 6.07) is 12.4. The fourth-order valence-corrected chi connectivity index (χ4v) is 3.04. The molecule has 1 heterocycles. The van der Waals surface area contributed by atoms with Crippen molar-refractivity contribution >= 4 is 53.7 Å². The normalized spacial score (nSPS) is 11.3. The number of aromatic amines is 1. The van der Waals surface area contributed by atoms with E-state index in [0.29, 0.717) is 0 Å². The zero-order valence-electron chi connectivity index (χ0n) is 7.72. The lowest BCUT2D eigenvalue weighted by molar-refractivity contribution is 1.54. The number of hydrogen-bond donors (Lipinski definition) is 1. The molecule has 0 amide bonds. The van der Waals surface area contributed by atoms with Gasteiger partial charge in [-0.1, -0.05) is 44.0 Å². The van der Waals surface area contributed by atoms with E-state index in [1.807, 2.05) is 12.1 Å². The van der Waals surface area contributed by atoms with Crippen molar-refractivity contribution < 1.29 is 0 Å². The van der Waals surface area contributed by atoms with Crippen molar-refractivity contribution in [2.24, 2.45) is 0 Å². The van der Waals surface area contributed by atoms with Gasteiger partial charge in [-0.15, -0.1) is 0 Å². The molecular formula is C12H7Br2N. The maximum Gasteiger partial charge on any atom is 0.0476 e. The average molecular weight is 325 g/mol. The van der Waals surface area contributed by atoms with E-state index < -0.39 is 0 Å². The molecule has 0 fully saturated rings. The van der Waals surface area contributed by atoms with Crippen LogP contribution in [0.4, 0.5) is 0 Å². The summed E-state index contributed by atoms with van der Waals surface area (Å²) >= 11 is 7.18. The molecule has 1 N–H and O–H groups in total. The van der Waals surface area contributed by atoms with Gasteiger partial charge in [0.05, 0.1) is 0 Å². The van der Waals surface area contributed by atoms with E-state index in [1.165, 1.54) is 10.8 Å². The van der Waals surface area contributed by atoms with Gasteiger partial charge in [-0.2, -0.15) is 0 Å². The molecule has 0 saturated carbocycles. The molecule has 3 rings (SSSR count). The van der Waals surface area contributed by atoms with Crippen molar-refractivity contribution in [3.63, 3.8) is 0 Å². The van der Waals surface area contributed by atoms with Gasteiger partial charge < -0.3 is 4.98 Å². The minimum atomic E-state index is 1.12. The largest absolute Gasteiger partial charge is 0.354 e. The molecule has 3 aromatic rings. The Balaban J connectivity index is 2.67. The first kappa shape index (κ1) is 9.43. The number of rotatable bonds is 0. The fourth-order valence-electron chi connectivity index (χ4n) is 1.91. The Bertz CT molecular complexity index is 599. The molecule has 1 nitrogen and oxygen atoms in total. The Morgan fingerprint density at radius 2 is 1.20 bits per heavy atom. The lowest BCUT2D eigenvalue weighted by Crippen LogP contribution is -1.70. The van der Waals surface area contributed by atoms with Gasteiger partial charge in [0.15, 0.2) is 0 Å². The summed E-state index contributed by atoms with van der Waals surface area (Å²) in [6.07, 6.45) is 0. The Labute approximate surface area is 104 Å². The van der Waals surface area contributed by atoms with E-state index in [-0.39, 0.29) is 0 Å². The molecule has 0 saturated heterocycles. The summed E-state index contributed by atoms with van der Waals surface area (Å²) in [7, 11) is 0. The second kappa shape index (κ2) is 3.35. The van der Waals surface area contributed by atoms with Crippen LogP contribution in [-0.4, -0.2) is 4.98 Å². The standard InChI is InChI=1S/C12H7Br2N/c13-7-3-1-5-9-11(7)12-8(14)4-2-6-10(12)15-9/h1-6,15H. The molecular weight excluding hydrogens is 318 g/mol. The Kier molecular flexibility index (Phi) is 2.11. The summed E-state index contributed by atoms with van der Waals surface area (Å²) < 4.78 is 2.25. The molecule has 0 atom stereocenters. The lowest BCUT2D eigenvalue weighted by Gasteiger charge is -1.96. The Morgan fingerprint density at radius 1 is 0.733 bits per heavy atom. The van der Waals surface area contributed by atoms with Crippen LogP contribution < -0.4 is 0 Å². The smallest absolute Gasteiger partial charge is 0.0476 e. The maximum atomic E-state index is 3.59. The van der Waals surface area contributed by atoms with Gasteiger partial charge in [0.25, 0.3) is 0 Å². The third-order valence-electron chi connectivity index (χ3n) is 2.55. The van der Waals surface area contributed by atoms with Crippen molar-refractivity contribution in [1.29, 1.82) is 0 Å². The van der Waals surface area contributed by atoms with Crippen molar-refractivity contribution in [1.82, 2.24) is 4.98 Å². The summed E-state index contributed by atoms with van der Waals surface area (Å²) in [5.74, 6) is 0. The van der Waals surface area contributed by atoms with E-state index in [9.17, 15) is 0 Å². The SMILES string of the molecule is Brc1cccc2[nH]c3cccc(Br)c3c12. The van der Waals surface area contributed by atoms with Crippen LogP contribution in [0.2, 0.25) is 0 Å². The van der Waals surface area contributed by atoms with Crippen molar-refractivity contribution in [2.45, 2.75) is 0 Å². The van der Waals surface area contributed by atoms with Crippen LogP contribution >= 0.6 is 31.9 Å². The van der Waals surface area contributed by atoms with Gasteiger partial charge in [-0.05, 0) is 24.3 Å². The Morgan fingerprint density at radius 3 is 1.67 bits per heavy atom. The van der Waals surface area contributed by atoms with Crippen LogP contribution in [0.1, 0.15) is 0 Å². The second-order valence-electron chi connectivity index (χ2n) is 3.45. The maximum absolute atomic E-state index is 3.59. The highest BCUT2D eigenvalue weighted by Gasteiger charge is 2.08. The van der Waals surface area contributed by atoms with E-state index in [2.05, 4.69) is 61.1 Å². The number of aromatic nitrogens is 1. The van der Waals surface area contributed by atoms with Gasteiger partial charge in [-0.3, -0.25) is 0 Å². The lowest BCUT2D eigenvalue weighted by atomic mass is 10.1. The minimum Gasteiger partial charge on any atom is -0.354 e. The first-order valence-electron chi connectivity index (χ1n) is 4.62. The van der Waals surface area contributed by atoms with E-state index >= 15 is 0 Å². The van der Waals surface area contributed by atoms with Crippen LogP contribution in [0.5, 0.6) is 0 Å².